The van der Waals surface area contributed by atoms with E-state index in [4.69, 9.17) is 4.74 Å². The third-order valence-electron chi connectivity index (χ3n) is 2.96. The average Bonchev–Trinajstić information content (AvgIpc) is 2.92. The van der Waals surface area contributed by atoms with Gasteiger partial charge in [-0.25, -0.2) is 0 Å². The highest BCUT2D eigenvalue weighted by Crippen LogP contribution is 2.18. The first-order valence-corrected chi connectivity index (χ1v) is 7.78. The fourth-order valence-electron chi connectivity index (χ4n) is 1.86. The summed E-state index contributed by atoms with van der Waals surface area (Å²) in [6.07, 6.45) is 3.42. The van der Waals surface area contributed by atoms with Crippen LogP contribution in [-0.4, -0.2) is 23.2 Å². The molecule has 1 heterocycles. The van der Waals surface area contributed by atoms with Crippen molar-refractivity contribution in [3.63, 3.8) is 0 Å². The number of aromatic nitrogens is 2. The molecule has 2 rings (SSSR count). The standard InChI is InChI=1S/C15H19N3O2S/c1-3-4-8-14-17-18-15(21-14)16-13(19)10-11-6-5-7-12(9-11)20-2/h5-7,9H,3-4,8,10H2,1-2H3,(H,16,18,19). The Balaban J connectivity index is 1.90. The molecule has 0 aliphatic carbocycles. The summed E-state index contributed by atoms with van der Waals surface area (Å²) >= 11 is 1.44. The number of rotatable bonds is 7. The number of anilines is 1. The van der Waals surface area contributed by atoms with Crippen molar-refractivity contribution in [1.82, 2.24) is 10.2 Å². The van der Waals surface area contributed by atoms with Crippen LogP contribution in [0.1, 0.15) is 30.3 Å². The van der Waals surface area contributed by atoms with Crippen LogP contribution in [0.15, 0.2) is 24.3 Å². The summed E-state index contributed by atoms with van der Waals surface area (Å²) in [5.74, 6) is 0.652. The van der Waals surface area contributed by atoms with Crippen LogP contribution < -0.4 is 10.1 Å². The molecule has 2 aromatic rings. The van der Waals surface area contributed by atoms with Gasteiger partial charge < -0.3 is 10.1 Å². The van der Waals surface area contributed by atoms with Crippen LogP contribution >= 0.6 is 11.3 Å². The maximum atomic E-state index is 12.0. The van der Waals surface area contributed by atoms with Gasteiger partial charge in [-0.1, -0.05) is 36.8 Å². The third kappa shape index (κ3) is 4.82. The van der Waals surface area contributed by atoms with Crippen molar-refractivity contribution in [2.45, 2.75) is 32.6 Å². The van der Waals surface area contributed by atoms with Crippen molar-refractivity contribution in [2.24, 2.45) is 0 Å². The Morgan fingerprint density at radius 1 is 1.38 bits per heavy atom. The molecule has 5 nitrogen and oxygen atoms in total. The fourth-order valence-corrected chi connectivity index (χ4v) is 2.66. The number of aryl methyl sites for hydroxylation is 1. The number of unbranched alkanes of at least 4 members (excludes halogenated alkanes) is 1. The van der Waals surface area contributed by atoms with Crippen molar-refractivity contribution in [3.05, 3.63) is 34.8 Å². The highest BCUT2D eigenvalue weighted by Gasteiger charge is 2.09. The predicted octanol–water partition coefficient (Wildman–Crippen LogP) is 3.07. The molecule has 1 amide bonds. The minimum absolute atomic E-state index is 0.0959. The van der Waals surface area contributed by atoms with E-state index in [0.717, 1.165) is 35.6 Å². The molecule has 1 aromatic carbocycles. The zero-order valence-corrected chi connectivity index (χ0v) is 13.1. The average molecular weight is 305 g/mol. The first kappa shape index (κ1) is 15.4. The van der Waals surface area contributed by atoms with Crippen LogP contribution in [0.5, 0.6) is 5.75 Å². The molecular formula is C15H19N3O2S. The van der Waals surface area contributed by atoms with Gasteiger partial charge in [-0.3, -0.25) is 4.79 Å². The molecule has 0 unspecified atom stereocenters. The van der Waals surface area contributed by atoms with E-state index in [1.165, 1.54) is 11.3 Å². The number of benzene rings is 1. The lowest BCUT2D eigenvalue weighted by molar-refractivity contribution is -0.115. The molecule has 0 aliphatic rings. The van der Waals surface area contributed by atoms with Gasteiger partial charge in [-0.2, -0.15) is 0 Å². The molecule has 0 spiro atoms. The topological polar surface area (TPSA) is 64.1 Å². The lowest BCUT2D eigenvalue weighted by Crippen LogP contribution is -2.14. The summed E-state index contributed by atoms with van der Waals surface area (Å²) < 4.78 is 5.14. The van der Waals surface area contributed by atoms with Gasteiger partial charge in [-0.15, -0.1) is 10.2 Å². The van der Waals surface area contributed by atoms with Crippen molar-refractivity contribution >= 4 is 22.4 Å². The van der Waals surface area contributed by atoms with E-state index < -0.39 is 0 Å². The minimum atomic E-state index is -0.0959. The SMILES string of the molecule is CCCCc1nnc(NC(=O)Cc2cccc(OC)c2)s1. The van der Waals surface area contributed by atoms with E-state index in [1.54, 1.807) is 7.11 Å². The minimum Gasteiger partial charge on any atom is -0.497 e. The molecule has 21 heavy (non-hydrogen) atoms. The molecule has 0 saturated heterocycles. The van der Waals surface area contributed by atoms with Crippen LogP contribution in [0.4, 0.5) is 5.13 Å². The summed E-state index contributed by atoms with van der Waals surface area (Å²) in [6, 6.07) is 7.47. The van der Waals surface area contributed by atoms with Gasteiger partial charge in [0.2, 0.25) is 11.0 Å². The van der Waals surface area contributed by atoms with E-state index in [9.17, 15) is 4.79 Å². The second-order valence-corrected chi connectivity index (χ2v) is 5.74. The smallest absolute Gasteiger partial charge is 0.230 e. The van der Waals surface area contributed by atoms with Crippen molar-refractivity contribution in [1.29, 1.82) is 0 Å². The summed E-state index contributed by atoms with van der Waals surface area (Å²) in [7, 11) is 1.61. The molecule has 0 atom stereocenters. The normalized spacial score (nSPS) is 10.4. The van der Waals surface area contributed by atoms with Crippen LogP contribution in [0.3, 0.4) is 0 Å². The van der Waals surface area contributed by atoms with Crippen LogP contribution in [0, 0.1) is 0 Å². The quantitative estimate of drug-likeness (QED) is 0.854. The van der Waals surface area contributed by atoms with E-state index in [-0.39, 0.29) is 5.91 Å². The molecule has 112 valence electrons. The number of carbonyl (C=O) groups excluding carboxylic acids is 1. The van der Waals surface area contributed by atoms with Gasteiger partial charge >= 0.3 is 0 Å². The highest BCUT2D eigenvalue weighted by molar-refractivity contribution is 7.15. The van der Waals surface area contributed by atoms with E-state index in [1.807, 2.05) is 24.3 Å². The highest BCUT2D eigenvalue weighted by atomic mass is 32.1. The second-order valence-electron chi connectivity index (χ2n) is 4.68. The first-order chi connectivity index (χ1) is 10.2. The van der Waals surface area contributed by atoms with Gasteiger partial charge in [0.15, 0.2) is 0 Å². The van der Waals surface area contributed by atoms with E-state index in [2.05, 4.69) is 22.4 Å². The van der Waals surface area contributed by atoms with Gasteiger partial charge in [0.25, 0.3) is 0 Å². The Morgan fingerprint density at radius 2 is 2.24 bits per heavy atom. The number of nitrogens with zero attached hydrogens (tertiary/aromatic N) is 2. The zero-order chi connectivity index (χ0) is 15.1. The first-order valence-electron chi connectivity index (χ1n) is 6.96. The van der Waals surface area contributed by atoms with E-state index in [0.29, 0.717) is 11.6 Å². The molecule has 0 aliphatic heterocycles. The molecular weight excluding hydrogens is 286 g/mol. The summed E-state index contributed by atoms with van der Waals surface area (Å²) in [5.41, 5.74) is 0.905. The molecule has 1 aromatic heterocycles. The predicted molar refractivity (Wildman–Crippen MR) is 83.8 cm³/mol. The number of hydrogen-bond acceptors (Lipinski definition) is 5. The Morgan fingerprint density at radius 3 is 3.00 bits per heavy atom. The number of hydrogen-bond donors (Lipinski definition) is 1. The van der Waals surface area contributed by atoms with E-state index >= 15 is 0 Å². The zero-order valence-electron chi connectivity index (χ0n) is 12.3. The van der Waals surface area contributed by atoms with Gasteiger partial charge in [-0.05, 0) is 24.1 Å². The van der Waals surface area contributed by atoms with Crippen LogP contribution in [0.2, 0.25) is 0 Å². The van der Waals surface area contributed by atoms with Gasteiger partial charge in [0.1, 0.15) is 10.8 Å². The molecule has 0 saturated carbocycles. The number of methoxy groups -OCH3 is 1. The van der Waals surface area contributed by atoms with Crippen LogP contribution in [0.25, 0.3) is 0 Å². The molecule has 0 fully saturated rings. The molecule has 0 radical (unpaired) electrons. The van der Waals surface area contributed by atoms with Crippen molar-refractivity contribution in [3.8, 4) is 5.75 Å². The third-order valence-corrected chi connectivity index (χ3v) is 3.85. The molecule has 1 N–H and O–H groups in total. The maximum absolute atomic E-state index is 12.0. The monoisotopic (exact) mass is 305 g/mol. The second kappa shape index (κ2) is 7.73. The Hall–Kier alpha value is -1.95. The molecule has 0 bridgehead atoms. The Labute approximate surface area is 128 Å². The largest absolute Gasteiger partial charge is 0.497 e. The van der Waals surface area contributed by atoms with Gasteiger partial charge in [0, 0.05) is 6.42 Å². The number of amides is 1. The lowest BCUT2D eigenvalue weighted by atomic mass is 10.1. The maximum Gasteiger partial charge on any atom is 0.230 e. The summed E-state index contributed by atoms with van der Waals surface area (Å²) in [5, 5.41) is 12.4. The van der Waals surface area contributed by atoms with Crippen LogP contribution in [-0.2, 0) is 17.6 Å². The van der Waals surface area contributed by atoms with Gasteiger partial charge in [0.05, 0.1) is 13.5 Å². The van der Waals surface area contributed by atoms with Crippen molar-refractivity contribution < 1.29 is 9.53 Å². The Kier molecular flexibility index (Phi) is 5.68. The Bertz CT molecular complexity index is 598. The number of nitrogens with one attached hydrogen (secondary N) is 1. The molecule has 6 heteroatoms. The fraction of sp³-hybridized carbons (Fsp3) is 0.400. The van der Waals surface area contributed by atoms with Crippen molar-refractivity contribution in [2.75, 3.05) is 12.4 Å². The number of carbonyl (C=O) groups is 1. The lowest BCUT2D eigenvalue weighted by Gasteiger charge is -2.04. The summed E-state index contributed by atoms with van der Waals surface area (Å²) in [6.45, 7) is 2.14. The number of ether oxygens (including phenoxy) is 1. The summed E-state index contributed by atoms with van der Waals surface area (Å²) in [4.78, 5) is 12.0.